The van der Waals surface area contributed by atoms with Crippen molar-refractivity contribution in [1.29, 1.82) is 0 Å². The average molecular weight is 580 g/mol. The number of aromatic nitrogens is 4. The van der Waals surface area contributed by atoms with Crippen LogP contribution in [0.25, 0.3) is 16.9 Å². The van der Waals surface area contributed by atoms with E-state index in [4.69, 9.17) is 10.5 Å². The number of carbonyl (C=O) groups excluding carboxylic acids is 1. The highest BCUT2D eigenvalue weighted by molar-refractivity contribution is 14.1. The summed E-state index contributed by atoms with van der Waals surface area (Å²) in [6, 6.07) is 16.3. The Morgan fingerprint density at radius 2 is 1.83 bits per heavy atom. The van der Waals surface area contributed by atoms with Gasteiger partial charge in [0, 0.05) is 6.54 Å². The Bertz CT molecular complexity index is 1520. The number of alkyl halides is 1. The molecule has 3 heterocycles. The molecular formula is C25H21IN6O3. The zero-order valence-corrected chi connectivity index (χ0v) is 20.9. The number of likely N-dealkylation sites (tertiary alicyclic amines) is 1. The molecule has 10 heteroatoms. The van der Waals surface area contributed by atoms with E-state index in [1.807, 2.05) is 30.3 Å². The SMILES string of the molecule is CC#CC(=O)N1CCC(n2c(=O)n(-c3ccc(Oc4ccccc4)cc3)c3c(N)ncnc32)C1I. The van der Waals surface area contributed by atoms with Crippen molar-refractivity contribution in [1.82, 2.24) is 24.0 Å². The maximum absolute atomic E-state index is 13.8. The third-order valence-corrected chi connectivity index (χ3v) is 7.36. The average Bonchev–Trinajstić information content (AvgIpc) is 3.37. The van der Waals surface area contributed by atoms with Gasteiger partial charge in [-0.1, -0.05) is 46.7 Å². The smallest absolute Gasteiger partial charge is 0.335 e. The van der Waals surface area contributed by atoms with Gasteiger partial charge in [0.15, 0.2) is 11.5 Å². The second-order valence-corrected chi connectivity index (χ2v) is 9.21. The third-order valence-electron chi connectivity index (χ3n) is 5.86. The van der Waals surface area contributed by atoms with E-state index < -0.39 is 0 Å². The lowest BCUT2D eigenvalue weighted by molar-refractivity contribution is -0.124. The molecule has 176 valence electrons. The first kappa shape index (κ1) is 22.9. The van der Waals surface area contributed by atoms with Crippen LogP contribution in [0, 0.1) is 11.8 Å². The summed E-state index contributed by atoms with van der Waals surface area (Å²) in [5, 5.41) is 0. The van der Waals surface area contributed by atoms with Crippen molar-refractivity contribution in [2.45, 2.75) is 23.4 Å². The van der Waals surface area contributed by atoms with E-state index in [1.54, 1.807) is 40.7 Å². The van der Waals surface area contributed by atoms with Crippen LogP contribution in [-0.4, -0.2) is 40.5 Å². The third kappa shape index (κ3) is 4.12. The fourth-order valence-corrected chi connectivity index (χ4v) is 5.49. The van der Waals surface area contributed by atoms with Crippen molar-refractivity contribution in [2.24, 2.45) is 0 Å². The van der Waals surface area contributed by atoms with Gasteiger partial charge in [-0.2, -0.15) is 0 Å². The fraction of sp³-hybridized carbons (Fsp3) is 0.200. The largest absolute Gasteiger partial charge is 0.457 e. The van der Waals surface area contributed by atoms with Crippen molar-refractivity contribution in [2.75, 3.05) is 12.3 Å². The molecule has 35 heavy (non-hydrogen) atoms. The van der Waals surface area contributed by atoms with Crippen LogP contribution in [0.2, 0.25) is 0 Å². The van der Waals surface area contributed by atoms with E-state index in [9.17, 15) is 9.59 Å². The number of amides is 1. The number of nitrogen functional groups attached to an aromatic ring is 1. The number of nitrogens with zero attached hydrogens (tertiary/aromatic N) is 5. The number of rotatable bonds is 4. The number of nitrogens with two attached hydrogens (primary N) is 1. The van der Waals surface area contributed by atoms with Gasteiger partial charge in [-0.15, -0.1) is 0 Å². The molecule has 5 rings (SSSR count). The second kappa shape index (κ2) is 9.42. The molecule has 1 aliphatic rings. The monoisotopic (exact) mass is 580 g/mol. The van der Waals surface area contributed by atoms with E-state index in [1.165, 1.54) is 10.9 Å². The van der Waals surface area contributed by atoms with Gasteiger partial charge in [-0.05, 0) is 55.7 Å². The van der Waals surface area contributed by atoms with Crippen molar-refractivity contribution >= 4 is 45.5 Å². The Hall–Kier alpha value is -3.85. The summed E-state index contributed by atoms with van der Waals surface area (Å²) in [6.07, 6.45) is 1.94. The van der Waals surface area contributed by atoms with Gasteiger partial charge >= 0.3 is 5.69 Å². The summed E-state index contributed by atoms with van der Waals surface area (Å²) >= 11 is 2.19. The molecule has 9 nitrogen and oxygen atoms in total. The summed E-state index contributed by atoms with van der Waals surface area (Å²) in [5.74, 6) is 6.53. The molecule has 0 bridgehead atoms. The Morgan fingerprint density at radius 1 is 1.11 bits per heavy atom. The van der Waals surface area contributed by atoms with Crippen molar-refractivity contribution in [3.8, 4) is 29.0 Å². The minimum Gasteiger partial charge on any atom is -0.457 e. The predicted octanol–water partition coefficient (Wildman–Crippen LogP) is 3.51. The molecule has 0 aliphatic carbocycles. The normalized spacial score (nSPS) is 17.3. The van der Waals surface area contributed by atoms with Crippen molar-refractivity contribution in [3.05, 3.63) is 71.4 Å². The topological polar surface area (TPSA) is 108 Å². The maximum atomic E-state index is 13.8. The molecule has 1 aliphatic heterocycles. The first-order chi connectivity index (χ1) is 17.0. The lowest BCUT2D eigenvalue weighted by atomic mass is 10.2. The zero-order valence-electron chi connectivity index (χ0n) is 18.8. The molecular weight excluding hydrogens is 559 g/mol. The van der Waals surface area contributed by atoms with E-state index in [-0.39, 0.29) is 27.5 Å². The van der Waals surface area contributed by atoms with Crippen LogP contribution in [-0.2, 0) is 4.79 Å². The molecule has 2 atom stereocenters. The number of fused-ring (bicyclic) bond motifs is 1. The fourth-order valence-electron chi connectivity index (χ4n) is 4.28. The van der Waals surface area contributed by atoms with E-state index in [2.05, 4.69) is 44.4 Å². The summed E-state index contributed by atoms with van der Waals surface area (Å²) in [4.78, 5) is 36.4. The summed E-state index contributed by atoms with van der Waals surface area (Å²) < 4.78 is 8.73. The minimum absolute atomic E-state index is 0.197. The van der Waals surface area contributed by atoms with Gasteiger partial charge in [0.1, 0.15) is 27.4 Å². The standard InChI is InChI=1S/C25H21IN6O3/c1-2-6-20(33)30-14-13-19(22(30)26)32-24-21(23(27)28-15-29-24)31(25(32)34)16-9-11-18(12-10-16)35-17-7-4-3-5-8-17/h3-5,7-12,15,19,22H,13-14H2,1H3,(H2,27,28,29). The highest BCUT2D eigenvalue weighted by Crippen LogP contribution is 2.35. The van der Waals surface area contributed by atoms with Crippen LogP contribution in [0.3, 0.4) is 0 Å². The van der Waals surface area contributed by atoms with E-state index >= 15 is 0 Å². The van der Waals surface area contributed by atoms with Gasteiger partial charge in [0.05, 0.1) is 11.7 Å². The Labute approximate surface area is 214 Å². The number of benzene rings is 2. The van der Waals surface area contributed by atoms with Crippen LogP contribution in [0.5, 0.6) is 11.5 Å². The molecule has 1 saturated heterocycles. The van der Waals surface area contributed by atoms with E-state index in [0.717, 1.165) is 0 Å². The molecule has 0 spiro atoms. The highest BCUT2D eigenvalue weighted by Gasteiger charge is 2.38. The molecule has 4 aromatic rings. The molecule has 2 aromatic carbocycles. The number of ether oxygens (including phenoxy) is 1. The Morgan fingerprint density at radius 3 is 2.54 bits per heavy atom. The number of carbonyl (C=O) groups is 1. The molecule has 1 amide bonds. The number of halogens is 1. The summed E-state index contributed by atoms with van der Waals surface area (Å²) in [7, 11) is 0. The van der Waals surface area contributed by atoms with E-state index in [0.29, 0.717) is 41.3 Å². The number of hydrogen-bond acceptors (Lipinski definition) is 6. The maximum Gasteiger partial charge on any atom is 0.335 e. The number of hydrogen-bond donors (Lipinski definition) is 1. The number of para-hydroxylation sites is 1. The molecule has 0 saturated carbocycles. The van der Waals surface area contributed by atoms with Crippen LogP contribution < -0.4 is 16.2 Å². The van der Waals surface area contributed by atoms with Gasteiger partial charge in [0.25, 0.3) is 5.91 Å². The van der Waals surface area contributed by atoms with Gasteiger partial charge in [-0.3, -0.25) is 13.9 Å². The molecule has 2 N–H and O–H groups in total. The Kier molecular flexibility index (Phi) is 6.17. The van der Waals surface area contributed by atoms with Crippen molar-refractivity contribution < 1.29 is 9.53 Å². The summed E-state index contributed by atoms with van der Waals surface area (Å²) in [6.45, 7) is 2.12. The number of imidazole rings is 1. The lowest BCUT2D eigenvalue weighted by Gasteiger charge is -2.21. The van der Waals surface area contributed by atoms with Crippen molar-refractivity contribution in [3.63, 3.8) is 0 Å². The van der Waals surface area contributed by atoms with Crippen LogP contribution in [0.4, 0.5) is 5.82 Å². The van der Waals surface area contributed by atoms with Gasteiger partial charge < -0.3 is 15.4 Å². The van der Waals surface area contributed by atoms with Crippen LogP contribution in [0.1, 0.15) is 19.4 Å². The van der Waals surface area contributed by atoms with Crippen LogP contribution in [0.15, 0.2) is 65.7 Å². The Balaban J connectivity index is 1.57. The molecule has 2 unspecified atom stereocenters. The van der Waals surface area contributed by atoms with Crippen LogP contribution >= 0.6 is 22.6 Å². The highest BCUT2D eigenvalue weighted by atomic mass is 127. The zero-order chi connectivity index (χ0) is 24.5. The summed E-state index contributed by atoms with van der Waals surface area (Å²) in [5.41, 5.74) is 7.38. The first-order valence-corrected chi connectivity index (χ1v) is 12.2. The van der Waals surface area contributed by atoms with Gasteiger partial charge in [0.2, 0.25) is 0 Å². The first-order valence-electron chi connectivity index (χ1n) is 10.9. The van der Waals surface area contributed by atoms with Gasteiger partial charge in [-0.25, -0.2) is 14.8 Å². The molecule has 0 radical (unpaired) electrons. The minimum atomic E-state index is -0.300. The quantitative estimate of drug-likeness (QED) is 0.171. The molecule has 1 fully saturated rings. The molecule has 2 aromatic heterocycles. The number of anilines is 1. The predicted molar refractivity (Wildman–Crippen MR) is 141 cm³/mol. The second-order valence-electron chi connectivity index (χ2n) is 7.93. The lowest BCUT2D eigenvalue weighted by Crippen LogP contribution is -2.36.